The van der Waals surface area contributed by atoms with Crippen molar-refractivity contribution in [1.29, 1.82) is 0 Å². The lowest BCUT2D eigenvalue weighted by Gasteiger charge is -2.16. The Kier molecular flexibility index (Phi) is 5.23. The van der Waals surface area contributed by atoms with Crippen molar-refractivity contribution in [2.45, 2.75) is 12.8 Å². The molecule has 0 N–H and O–H groups in total. The first kappa shape index (κ1) is 22.7. The van der Waals surface area contributed by atoms with Crippen LogP contribution >= 0.6 is 0 Å². The zero-order valence-corrected chi connectivity index (χ0v) is 21.9. The van der Waals surface area contributed by atoms with Crippen molar-refractivity contribution in [2.24, 2.45) is 0 Å². The van der Waals surface area contributed by atoms with Crippen LogP contribution in [0.5, 0.6) is 0 Å². The molecule has 0 atom stereocenters. The van der Waals surface area contributed by atoms with Crippen LogP contribution in [0.3, 0.4) is 0 Å². The van der Waals surface area contributed by atoms with Crippen molar-refractivity contribution < 1.29 is 0 Å². The summed E-state index contributed by atoms with van der Waals surface area (Å²) in [6.45, 7) is 0. The minimum Gasteiger partial charge on any atom is -0.295 e. The summed E-state index contributed by atoms with van der Waals surface area (Å²) in [5, 5.41) is 3.70. The van der Waals surface area contributed by atoms with Crippen LogP contribution in [0.4, 0.5) is 0 Å². The first-order chi connectivity index (χ1) is 19.9. The number of benzene rings is 4. The van der Waals surface area contributed by atoms with Crippen LogP contribution in [-0.2, 0) is 0 Å². The van der Waals surface area contributed by atoms with E-state index in [-0.39, 0.29) is 0 Å². The lowest BCUT2D eigenvalue weighted by molar-refractivity contribution is 0.991. The molecule has 0 bridgehead atoms. The van der Waals surface area contributed by atoms with Gasteiger partial charge in [-0.15, -0.1) is 0 Å². The molecule has 0 aliphatic heterocycles. The summed E-state index contributed by atoms with van der Waals surface area (Å²) in [7, 11) is 0. The lowest BCUT2D eigenvalue weighted by atomic mass is 10.1. The van der Waals surface area contributed by atoms with E-state index in [2.05, 4.69) is 118 Å². The fraction of sp³-hybridized carbons (Fsp3) is 0.0556. The Hall–Kier alpha value is -5.22. The van der Waals surface area contributed by atoms with E-state index in [4.69, 9.17) is 9.97 Å². The maximum atomic E-state index is 5.23. The molecule has 190 valence electrons. The molecule has 0 saturated heterocycles. The standard InChI is InChI=1S/C36H26N4/c1-4-14-25(15-5-1)30-24-33(38-35(37-30)26-16-6-2-7-17-26)40-32-23-13-11-21-29(32)34-28-20-10-12-22-31(28)39(36(34)40)27-18-8-3-9-19-27/h1-2,4-8,10-24H,3,9H2. The molecule has 7 aromatic rings. The predicted octanol–water partition coefficient (Wildman–Crippen LogP) is 9.05. The maximum absolute atomic E-state index is 5.23. The van der Waals surface area contributed by atoms with Gasteiger partial charge in [0.15, 0.2) is 5.82 Å². The molecular formula is C36H26N4. The van der Waals surface area contributed by atoms with Crippen molar-refractivity contribution in [2.75, 3.05) is 0 Å². The van der Waals surface area contributed by atoms with E-state index in [1.54, 1.807) is 0 Å². The number of fused-ring (bicyclic) bond motifs is 5. The molecule has 8 rings (SSSR count). The molecule has 1 aliphatic rings. The van der Waals surface area contributed by atoms with Gasteiger partial charge < -0.3 is 0 Å². The number of nitrogens with zero attached hydrogens (tertiary/aromatic N) is 4. The van der Waals surface area contributed by atoms with Gasteiger partial charge in [0.25, 0.3) is 0 Å². The molecule has 0 fully saturated rings. The highest BCUT2D eigenvalue weighted by Gasteiger charge is 2.23. The van der Waals surface area contributed by atoms with Gasteiger partial charge >= 0.3 is 0 Å². The van der Waals surface area contributed by atoms with Gasteiger partial charge in [0.2, 0.25) is 0 Å². The van der Waals surface area contributed by atoms with Gasteiger partial charge in [-0.05, 0) is 31.1 Å². The minimum atomic E-state index is 0.710. The van der Waals surface area contributed by atoms with E-state index < -0.39 is 0 Å². The van der Waals surface area contributed by atoms with Crippen molar-refractivity contribution in [3.05, 3.63) is 133 Å². The topological polar surface area (TPSA) is 35.6 Å². The highest BCUT2D eigenvalue weighted by molar-refractivity contribution is 6.23. The van der Waals surface area contributed by atoms with Crippen LogP contribution in [0.1, 0.15) is 12.8 Å². The summed E-state index contributed by atoms with van der Waals surface area (Å²) in [5.74, 6) is 1.56. The molecule has 1 aliphatic carbocycles. The number of hydrogen-bond acceptors (Lipinski definition) is 2. The maximum Gasteiger partial charge on any atom is 0.162 e. The van der Waals surface area contributed by atoms with E-state index in [0.717, 1.165) is 46.6 Å². The molecule has 40 heavy (non-hydrogen) atoms. The summed E-state index contributed by atoms with van der Waals surface area (Å²) in [4.78, 5) is 10.3. The van der Waals surface area contributed by atoms with Gasteiger partial charge in [-0.1, -0.05) is 109 Å². The number of aromatic nitrogens is 4. The van der Waals surface area contributed by atoms with Gasteiger partial charge in [-0.25, -0.2) is 9.97 Å². The summed E-state index contributed by atoms with van der Waals surface area (Å²) < 4.78 is 4.74. The zero-order valence-electron chi connectivity index (χ0n) is 21.9. The Morgan fingerprint density at radius 2 is 1.20 bits per heavy atom. The molecule has 3 heterocycles. The third-order valence-electron chi connectivity index (χ3n) is 7.75. The Labute approximate surface area is 232 Å². The molecule has 4 heteroatoms. The van der Waals surface area contributed by atoms with Crippen LogP contribution in [0.2, 0.25) is 0 Å². The van der Waals surface area contributed by atoms with Gasteiger partial charge in [-0.3, -0.25) is 9.13 Å². The summed E-state index contributed by atoms with van der Waals surface area (Å²) in [6, 6.07) is 40.1. The Bertz CT molecular complexity index is 2040. The second-order valence-electron chi connectivity index (χ2n) is 10.2. The zero-order chi connectivity index (χ0) is 26.5. The molecule has 0 spiro atoms. The number of hydrogen-bond donors (Lipinski definition) is 0. The highest BCUT2D eigenvalue weighted by atomic mass is 15.2. The Morgan fingerprint density at radius 3 is 1.88 bits per heavy atom. The van der Waals surface area contributed by atoms with Crippen LogP contribution in [0, 0.1) is 0 Å². The van der Waals surface area contributed by atoms with E-state index in [1.165, 1.54) is 27.4 Å². The monoisotopic (exact) mass is 514 g/mol. The summed E-state index contributed by atoms with van der Waals surface area (Å²) >= 11 is 0. The van der Waals surface area contributed by atoms with E-state index in [0.29, 0.717) is 5.82 Å². The fourth-order valence-electron chi connectivity index (χ4n) is 5.98. The molecular weight excluding hydrogens is 488 g/mol. The van der Waals surface area contributed by atoms with Gasteiger partial charge in [0.1, 0.15) is 11.5 Å². The van der Waals surface area contributed by atoms with Crippen molar-refractivity contribution in [3.8, 4) is 28.5 Å². The molecule has 4 aromatic carbocycles. The summed E-state index contributed by atoms with van der Waals surface area (Å²) in [5.41, 5.74) is 7.60. The van der Waals surface area contributed by atoms with Crippen molar-refractivity contribution in [1.82, 2.24) is 19.1 Å². The first-order valence-electron chi connectivity index (χ1n) is 13.8. The number of para-hydroxylation sites is 2. The number of allylic oxidation sites excluding steroid dienone is 4. The first-order valence-corrected chi connectivity index (χ1v) is 13.8. The quantitative estimate of drug-likeness (QED) is 0.235. The van der Waals surface area contributed by atoms with Gasteiger partial charge in [0, 0.05) is 39.0 Å². The second-order valence-corrected chi connectivity index (χ2v) is 10.2. The third kappa shape index (κ3) is 3.53. The SMILES string of the molecule is C1=CC(n2c3ccccc3c3c4ccccc4n(-c4cc(-c5ccccc5)nc(-c5ccccc5)n4)c32)=CCC1. The van der Waals surface area contributed by atoms with Crippen molar-refractivity contribution in [3.63, 3.8) is 0 Å². The Morgan fingerprint density at radius 1 is 0.575 bits per heavy atom. The average Bonchev–Trinajstić information content (AvgIpc) is 3.55. The van der Waals surface area contributed by atoms with E-state index >= 15 is 0 Å². The van der Waals surface area contributed by atoms with Crippen LogP contribution in [0.25, 0.3) is 67.0 Å². The molecule has 0 radical (unpaired) electrons. The molecule has 4 nitrogen and oxygen atoms in total. The predicted molar refractivity (Wildman–Crippen MR) is 165 cm³/mol. The third-order valence-corrected chi connectivity index (χ3v) is 7.75. The normalized spacial score (nSPS) is 13.3. The average molecular weight is 515 g/mol. The van der Waals surface area contributed by atoms with Crippen LogP contribution in [0.15, 0.2) is 133 Å². The van der Waals surface area contributed by atoms with Gasteiger partial charge in [-0.2, -0.15) is 0 Å². The molecule has 0 saturated carbocycles. The largest absolute Gasteiger partial charge is 0.295 e. The van der Waals surface area contributed by atoms with E-state index in [1.807, 2.05) is 24.3 Å². The van der Waals surface area contributed by atoms with E-state index in [9.17, 15) is 0 Å². The highest BCUT2D eigenvalue weighted by Crippen LogP contribution is 2.41. The van der Waals surface area contributed by atoms with Crippen molar-refractivity contribution >= 4 is 38.5 Å². The number of rotatable bonds is 4. The summed E-state index contributed by atoms with van der Waals surface area (Å²) in [6.07, 6.45) is 8.97. The van der Waals surface area contributed by atoms with Crippen LogP contribution in [-0.4, -0.2) is 19.1 Å². The van der Waals surface area contributed by atoms with Crippen LogP contribution < -0.4 is 0 Å². The lowest BCUT2D eigenvalue weighted by Crippen LogP contribution is -2.06. The smallest absolute Gasteiger partial charge is 0.162 e. The second kappa shape index (κ2) is 9.21. The molecule has 3 aromatic heterocycles. The minimum absolute atomic E-state index is 0.710. The Balaban J connectivity index is 1.53. The molecule has 0 unspecified atom stereocenters. The molecule has 0 amide bonds. The van der Waals surface area contributed by atoms with Gasteiger partial charge in [0.05, 0.1) is 16.7 Å². The fourth-order valence-corrected chi connectivity index (χ4v) is 5.98.